The first-order valence-corrected chi connectivity index (χ1v) is 4.44. The lowest BCUT2D eigenvalue weighted by Crippen LogP contribution is -2.27. The van der Waals surface area contributed by atoms with Crippen molar-refractivity contribution in [2.75, 3.05) is 0 Å². The number of carbonyl (C=O) groups is 1. The van der Waals surface area contributed by atoms with Crippen molar-refractivity contribution < 1.29 is 14.3 Å². The lowest BCUT2D eigenvalue weighted by atomic mass is 10.1. The summed E-state index contributed by atoms with van der Waals surface area (Å²) in [5.74, 6) is 0. The van der Waals surface area contributed by atoms with Crippen molar-refractivity contribution in [1.82, 2.24) is 0 Å². The number of ether oxygens (including phenoxy) is 2. The van der Waals surface area contributed by atoms with Crippen LogP contribution in [0.4, 0.5) is 4.79 Å². The average molecular weight is 186 g/mol. The van der Waals surface area contributed by atoms with E-state index in [1.54, 1.807) is 19.9 Å². The van der Waals surface area contributed by atoms with Crippen LogP contribution >= 0.6 is 0 Å². The largest absolute Gasteiger partial charge is 0.509 e. The molecule has 0 spiro atoms. The van der Waals surface area contributed by atoms with E-state index in [9.17, 15) is 4.79 Å². The maximum Gasteiger partial charge on any atom is 0.509 e. The molecule has 1 unspecified atom stereocenters. The van der Waals surface area contributed by atoms with Crippen LogP contribution in [0.3, 0.4) is 0 Å². The molecular formula is C10H18O3. The van der Waals surface area contributed by atoms with E-state index in [2.05, 4.69) is 6.58 Å². The zero-order valence-electron chi connectivity index (χ0n) is 8.79. The fourth-order valence-corrected chi connectivity index (χ4v) is 0.528. The molecule has 0 radical (unpaired) electrons. The maximum absolute atomic E-state index is 11.1. The fourth-order valence-electron chi connectivity index (χ4n) is 0.528. The van der Waals surface area contributed by atoms with Crippen molar-refractivity contribution in [3.8, 4) is 0 Å². The fraction of sp³-hybridized carbons (Fsp3) is 0.700. The molecule has 1 atom stereocenters. The summed E-state index contributed by atoms with van der Waals surface area (Å²) in [6.45, 7) is 10.8. The first-order valence-electron chi connectivity index (χ1n) is 4.44. The van der Waals surface area contributed by atoms with Gasteiger partial charge in [0.2, 0.25) is 0 Å². The summed E-state index contributed by atoms with van der Waals surface area (Å²) in [5, 5.41) is 0. The number of hydrogen-bond donors (Lipinski definition) is 0. The van der Waals surface area contributed by atoms with Crippen molar-refractivity contribution in [2.24, 2.45) is 0 Å². The van der Waals surface area contributed by atoms with Gasteiger partial charge < -0.3 is 9.47 Å². The minimum Gasteiger partial charge on any atom is -0.431 e. The third kappa shape index (κ3) is 5.28. The minimum atomic E-state index is -0.662. The predicted molar refractivity (Wildman–Crippen MR) is 51.6 cm³/mol. The van der Waals surface area contributed by atoms with Gasteiger partial charge in [-0.25, -0.2) is 4.79 Å². The van der Waals surface area contributed by atoms with Crippen LogP contribution < -0.4 is 0 Å². The molecule has 0 heterocycles. The molecule has 0 saturated carbocycles. The lowest BCUT2D eigenvalue weighted by Gasteiger charge is -2.21. The topological polar surface area (TPSA) is 35.5 Å². The highest BCUT2D eigenvalue weighted by Crippen LogP contribution is 2.12. The molecule has 0 aromatic carbocycles. The monoisotopic (exact) mass is 186 g/mol. The molecule has 3 nitrogen and oxygen atoms in total. The summed E-state index contributed by atoms with van der Waals surface area (Å²) >= 11 is 0. The average Bonchev–Trinajstić information content (AvgIpc) is 2.03. The van der Waals surface area contributed by atoms with E-state index in [1.807, 2.05) is 13.8 Å². The zero-order chi connectivity index (χ0) is 10.5. The van der Waals surface area contributed by atoms with Gasteiger partial charge in [0, 0.05) is 0 Å². The molecule has 0 aromatic rings. The van der Waals surface area contributed by atoms with Gasteiger partial charge in [0.1, 0.15) is 11.7 Å². The summed E-state index contributed by atoms with van der Waals surface area (Å²) in [6, 6.07) is 0. The molecule has 0 bridgehead atoms. The van der Waals surface area contributed by atoms with E-state index >= 15 is 0 Å². The van der Waals surface area contributed by atoms with Gasteiger partial charge in [-0.2, -0.15) is 0 Å². The van der Waals surface area contributed by atoms with Gasteiger partial charge in [-0.05, 0) is 33.3 Å². The first kappa shape index (κ1) is 12.0. The second-order valence-electron chi connectivity index (χ2n) is 3.50. The van der Waals surface area contributed by atoms with Gasteiger partial charge in [0.25, 0.3) is 0 Å². The Balaban J connectivity index is 3.94. The molecule has 76 valence electrons. The first-order chi connectivity index (χ1) is 5.91. The van der Waals surface area contributed by atoms with Crippen LogP contribution in [0.25, 0.3) is 0 Å². The summed E-state index contributed by atoms with van der Waals surface area (Å²) in [6.07, 6.45) is 1.60. The van der Waals surface area contributed by atoms with Crippen molar-refractivity contribution in [1.29, 1.82) is 0 Å². The molecule has 0 aliphatic rings. The van der Waals surface area contributed by atoms with Gasteiger partial charge in [0.15, 0.2) is 0 Å². The van der Waals surface area contributed by atoms with Gasteiger partial charge in [-0.1, -0.05) is 13.5 Å². The predicted octanol–water partition coefficient (Wildman–Crippen LogP) is 2.90. The van der Waals surface area contributed by atoms with Crippen LogP contribution in [-0.2, 0) is 9.47 Å². The lowest BCUT2D eigenvalue weighted by molar-refractivity contribution is -0.0126. The quantitative estimate of drug-likeness (QED) is 0.500. The Morgan fingerprint density at radius 3 is 2.54 bits per heavy atom. The highest BCUT2D eigenvalue weighted by Gasteiger charge is 2.20. The van der Waals surface area contributed by atoms with Crippen molar-refractivity contribution in [2.45, 2.75) is 45.8 Å². The Hall–Kier alpha value is -0.990. The minimum absolute atomic E-state index is 0.104. The standard InChI is InChI=1S/C10H18O3/c1-6-8(3)12-9(11)13-10(4,5)7-2/h7-8H,2,6H2,1,3-5H3. The molecule has 0 saturated heterocycles. The molecule has 0 amide bonds. The Bertz CT molecular complexity index is 185. The number of hydrogen-bond acceptors (Lipinski definition) is 3. The second kappa shape index (κ2) is 4.90. The SMILES string of the molecule is C=CC(C)(C)OC(=O)OC(C)CC. The van der Waals surface area contributed by atoms with Crippen molar-refractivity contribution in [3.63, 3.8) is 0 Å². The van der Waals surface area contributed by atoms with Crippen LogP contribution in [0.1, 0.15) is 34.1 Å². The second-order valence-corrected chi connectivity index (χ2v) is 3.50. The zero-order valence-corrected chi connectivity index (χ0v) is 8.79. The Labute approximate surface area is 79.7 Å². The summed E-state index contributed by atoms with van der Waals surface area (Å²) in [4.78, 5) is 11.1. The van der Waals surface area contributed by atoms with Crippen LogP contribution in [0.15, 0.2) is 12.7 Å². The van der Waals surface area contributed by atoms with Crippen molar-refractivity contribution in [3.05, 3.63) is 12.7 Å². The van der Waals surface area contributed by atoms with Gasteiger partial charge in [-0.3, -0.25) is 0 Å². The third-order valence-corrected chi connectivity index (χ3v) is 1.71. The Kier molecular flexibility index (Phi) is 4.52. The van der Waals surface area contributed by atoms with E-state index in [1.165, 1.54) is 0 Å². The number of carbonyl (C=O) groups excluding carboxylic acids is 1. The summed E-state index contributed by atoms with van der Waals surface area (Å²) < 4.78 is 9.91. The highest BCUT2D eigenvalue weighted by molar-refractivity contribution is 5.61. The smallest absolute Gasteiger partial charge is 0.431 e. The molecule has 0 aromatic heterocycles. The molecule has 0 rings (SSSR count). The molecule has 0 fully saturated rings. The van der Waals surface area contributed by atoms with E-state index < -0.39 is 11.8 Å². The molecule has 0 aliphatic heterocycles. The summed E-state index contributed by atoms with van der Waals surface area (Å²) in [5.41, 5.74) is -0.662. The molecule has 0 N–H and O–H groups in total. The van der Waals surface area contributed by atoms with Gasteiger partial charge in [0.05, 0.1) is 0 Å². The molecular weight excluding hydrogens is 168 g/mol. The van der Waals surface area contributed by atoms with Crippen LogP contribution in [0.2, 0.25) is 0 Å². The number of rotatable bonds is 4. The highest BCUT2D eigenvalue weighted by atomic mass is 16.7. The van der Waals surface area contributed by atoms with Crippen LogP contribution in [0.5, 0.6) is 0 Å². The molecule has 3 heteroatoms. The van der Waals surface area contributed by atoms with E-state index in [0.717, 1.165) is 6.42 Å². The molecule has 0 aliphatic carbocycles. The van der Waals surface area contributed by atoms with E-state index in [0.29, 0.717) is 0 Å². The molecule has 13 heavy (non-hydrogen) atoms. The van der Waals surface area contributed by atoms with E-state index in [4.69, 9.17) is 9.47 Å². The van der Waals surface area contributed by atoms with Crippen molar-refractivity contribution >= 4 is 6.16 Å². The Morgan fingerprint density at radius 2 is 2.15 bits per heavy atom. The normalized spacial score (nSPS) is 13.2. The summed E-state index contributed by atoms with van der Waals surface area (Å²) in [7, 11) is 0. The van der Waals surface area contributed by atoms with E-state index in [-0.39, 0.29) is 6.10 Å². The van der Waals surface area contributed by atoms with Crippen LogP contribution in [-0.4, -0.2) is 17.9 Å². The van der Waals surface area contributed by atoms with Gasteiger partial charge >= 0.3 is 6.16 Å². The third-order valence-electron chi connectivity index (χ3n) is 1.71. The van der Waals surface area contributed by atoms with Gasteiger partial charge in [-0.15, -0.1) is 0 Å². The van der Waals surface area contributed by atoms with Crippen LogP contribution in [0, 0.1) is 0 Å². The maximum atomic E-state index is 11.1. The Morgan fingerprint density at radius 1 is 1.62 bits per heavy atom.